The lowest BCUT2D eigenvalue weighted by Gasteiger charge is -2.09. The second kappa shape index (κ2) is 6.46. The fourth-order valence-corrected chi connectivity index (χ4v) is 3.60. The summed E-state index contributed by atoms with van der Waals surface area (Å²) in [5.74, 6) is 0. The summed E-state index contributed by atoms with van der Waals surface area (Å²) in [5.41, 5.74) is 4.23. The van der Waals surface area contributed by atoms with E-state index in [-0.39, 0.29) is 5.56 Å². The predicted molar refractivity (Wildman–Crippen MR) is 111 cm³/mol. The highest BCUT2D eigenvalue weighted by Crippen LogP contribution is 2.25. The van der Waals surface area contributed by atoms with E-state index in [2.05, 4.69) is 57.3 Å². The Labute approximate surface area is 161 Å². The molecule has 0 aliphatic heterocycles. The zero-order valence-corrected chi connectivity index (χ0v) is 15.4. The highest BCUT2D eigenvalue weighted by Gasteiger charge is 2.07. The molecule has 0 saturated carbocycles. The van der Waals surface area contributed by atoms with E-state index < -0.39 is 0 Å². The van der Waals surface area contributed by atoms with E-state index >= 15 is 0 Å². The van der Waals surface area contributed by atoms with Crippen molar-refractivity contribution in [3.05, 3.63) is 95.4 Å². The summed E-state index contributed by atoms with van der Waals surface area (Å²) < 4.78 is 3.67. The van der Waals surface area contributed by atoms with Gasteiger partial charge in [0.15, 0.2) is 5.52 Å². The second-order valence-electron chi connectivity index (χ2n) is 7.02. The SMILES string of the molecule is Cn1cc2ccc(-c3cccc(Cn4cnc5cccnc5c4=O)c3)cc2c1. The van der Waals surface area contributed by atoms with Crippen LogP contribution in [0.25, 0.3) is 32.9 Å². The predicted octanol–water partition coefficient (Wildman–Crippen LogP) is 4.00. The maximum atomic E-state index is 12.7. The minimum absolute atomic E-state index is 0.123. The Morgan fingerprint density at radius 3 is 2.68 bits per heavy atom. The Kier molecular flexibility index (Phi) is 3.79. The third-order valence-electron chi connectivity index (χ3n) is 4.97. The van der Waals surface area contributed by atoms with Crippen molar-refractivity contribution in [2.75, 3.05) is 0 Å². The van der Waals surface area contributed by atoms with Crippen LogP contribution in [0.1, 0.15) is 5.56 Å². The Morgan fingerprint density at radius 1 is 0.893 bits per heavy atom. The van der Waals surface area contributed by atoms with Gasteiger partial charge in [-0.15, -0.1) is 0 Å². The third-order valence-corrected chi connectivity index (χ3v) is 4.97. The zero-order chi connectivity index (χ0) is 19.1. The van der Waals surface area contributed by atoms with Gasteiger partial charge in [-0.3, -0.25) is 9.36 Å². The van der Waals surface area contributed by atoms with Gasteiger partial charge >= 0.3 is 0 Å². The molecule has 5 aromatic rings. The van der Waals surface area contributed by atoms with Crippen molar-refractivity contribution in [1.29, 1.82) is 0 Å². The van der Waals surface area contributed by atoms with Crippen LogP contribution in [0.15, 0.2) is 84.3 Å². The number of aromatic nitrogens is 4. The van der Waals surface area contributed by atoms with E-state index in [0.717, 1.165) is 16.7 Å². The molecule has 0 saturated heterocycles. The molecule has 0 fully saturated rings. The molecule has 0 bridgehead atoms. The molecule has 5 heteroatoms. The van der Waals surface area contributed by atoms with Crippen LogP contribution < -0.4 is 5.56 Å². The Bertz CT molecular complexity index is 1380. The molecule has 3 heterocycles. The first-order valence-electron chi connectivity index (χ1n) is 9.13. The number of aryl methyl sites for hydroxylation is 1. The van der Waals surface area contributed by atoms with Crippen LogP contribution in [0.2, 0.25) is 0 Å². The van der Waals surface area contributed by atoms with Crippen molar-refractivity contribution in [3.8, 4) is 11.1 Å². The topological polar surface area (TPSA) is 52.7 Å². The Hall–Kier alpha value is -3.73. The standard InChI is InChI=1S/C23H18N4O/c1-26-13-19-8-7-18(11-20(19)14-26)17-5-2-4-16(10-17)12-27-15-25-21-6-3-9-24-22(21)23(27)28/h2-11,13-15H,12H2,1H3. The molecular formula is C23H18N4O. The molecule has 0 amide bonds. The maximum Gasteiger partial charge on any atom is 0.280 e. The van der Waals surface area contributed by atoms with Crippen LogP contribution in [0.5, 0.6) is 0 Å². The lowest BCUT2D eigenvalue weighted by molar-refractivity contribution is 0.746. The molecule has 5 rings (SSSR count). The maximum absolute atomic E-state index is 12.7. The van der Waals surface area contributed by atoms with Crippen LogP contribution in [0, 0.1) is 0 Å². The Morgan fingerprint density at radius 2 is 1.75 bits per heavy atom. The molecule has 0 aliphatic carbocycles. The number of benzene rings is 2. The fourth-order valence-electron chi connectivity index (χ4n) is 3.60. The number of hydrogen-bond donors (Lipinski definition) is 0. The summed E-state index contributed by atoms with van der Waals surface area (Å²) in [6.07, 6.45) is 7.45. The van der Waals surface area contributed by atoms with Gasteiger partial charge in [-0.1, -0.05) is 30.3 Å². The molecule has 0 radical (unpaired) electrons. The summed E-state index contributed by atoms with van der Waals surface area (Å²) in [6, 6.07) is 18.3. The lowest BCUT2D eigenvalue weighted by Crippen LogP contribution is -2.21. The van der Waals surface area contributed by atoms with Crippen molar-refractivity contribution in [2.45, 2.75) is 6.54 Å². The van der Waals surface area contributed by atoms with Gasteiger partial charge in [0.25, 0.3) is 5.56 Å². The smallest absolute Gasteiger partial charge is 0.280 e. The number of nitrogens with zero attached hydrogens (tertiary/aromatic N) is 4. The fraction of sp³-hybridized carbons (Fsp3) is 0.0870. The molecule has 3 aromatic heterocycles. The molecule has 0 spiro atoms. The molecule has 0 aliphatic rings. The summed E-state index contributed by atoms with van der Waals surface area (Å²) in [4.78, 5) is 21.2. The molecule has 0 N–H and O–H groups in total. The van der Waals surface area contributed by atoms with Crippen molar-refractivity contribution in [1.82, 2.24) is 19.1 Å². The number of fused-ring (bicyclic) bond motifs is 2. The van der Waals surface area contributed by atoms with E-state index in [0.29, 0.717) is 17.6 Å². The van der Waals surface area contributed by atoms with Gasteiger partial charge in [0, 0.05) is 25.6 Å². The van der Waals surface area contributed by atoms with Gasteiger partial charge in [-0.25, -0.2) is 9.97 Å². The second-order valence-corrected chi connectivity index (χ2v) is 7.02. The molecule has 0 unspecified atom stereocenters. The van der Waals surface area contributed by atoms with Gasteiger partial charge < -0.3 is 4.57 Å². The molecular weight excluding hydrogens is 348 g/mol. The summed E-state index contributed by atoms with van der Waals surface area (Å²) in [7, 11) is 2.03. The molecule has 2 aromatic carbocycles. The van der Waals surface area contributed by atoms with E-state index in [4.69, 9.17) is 0 Å². The van der Waals surface area contributed by atoms with Crippen LogP contribution in [-0.4, -0.2) is 19.1 Å². The lowest BCUT2D eigenvalue weighted by atomic mass is 10.0. The zero-order valence-electron chi connectivity index (χ0n) is 15.4. The summed E-state index contributed by atoms with van der Waals surface area (Å²) >= 11 is 0. The van der Waals surface area contributed by atoms with E-state index in [9.17, 15) is 4.79 Å². The van der Waals surface area contributed by atoms with Crippen molar-refractivity contribution >= 4 is 21.8 Å². The van der Waals surface area contributed by atoms with Crippen LogP contribution in [0.3, 0.4) is 0 Å². The van der Waals surface area contributed by atoms with E-state index in [1.807, 2.05) is 19.2 Å². The molecule has 5 nitrogen and oxygen atoms in total. The average Bonchev–Trinajstić information content (AvgIpc) is 3.10. The number of rotatable bonds is 3. The number of pyridine rings is 1. The van der Waals surface area contributed by atoms with Crippen LogP contribution >= 0.6 is 0 Å². The van der Waals surface area contributed by atoms with Crippen molar-refractivity contribution in [3.63, 3.8) is 0 Å². The summed E-state index contributed by atoms with van der Waals surface area (Å²) in [6.45, 7) is 0.458. The molecule has 136 valence electrons. The van der Waals surface area contributed by atoms with Gasteiger partial charge in [0.2, 0.25) is 0 Å². The third kappa shape index (κ3) is 2.87. The Balaban J connectivity index is 1.52. The van der Waals surface area contributed by atoms with Gasteiger partial charge in [-0.05, 0) is 51.7 Å². The minimum Gasteiger partial charge on any atom is -0.356 e. The average molecular weight is 366 g/mol. The monoisotopic (exact) mass is 366 g/mol. The van der Waals surface area contributed by atoms with E-state index in [1.54, 1.807) is 29.2 Å². The highest BCUT2D eigenvalue weighted by molar-refractivity contribution is 5.87. The van der Waals surface area contributed by atoms with E-state index in [1.165, 1.54) is 10.8 Å². The van der Waals surface area contributed by atoms with Gasteiger partial charge in [0.1, 0.15) is 0 Å². The summed E-state index contributed by atoms with van der Waals surface area (Å²) in [5, 5.41) is 2.44. The normalized spacial score (nSPS) is 11.3. The quantitative estimate of drug-likeness (QED) is 0.485. The van der Waals surface area contributed by atoms with Crippen molar-refractivity contribution < 1.29 is 0 Å². The van der Waals surface area contributed by atoms with Crippen molar-refractivity contribution in [2.24, 2.45) is 7.05 Å². The highest BCUT2D eigenvalue weighted by atomic mass is 16.1. The van der Waals surface area contributed by atoms with Gasteiger partial charge in [-0.2, -0.15) is 0 Å². The first-order chi connectivity index (χ1) is 13.7. The first kappa shape index (κ1) is 16.4. The molecule has 0 atom stereocenters. The first-order valence-corrected chi connectivity index (χ1v) is 9.13. The largest absolute Gasteiger partial charge is 0.356 e. The van der Waals surface area contributed by atoms with Gasteiger partial charge in [0.05, 0.1) is 18.4 Å². The van der Waals surface area contributed by atoms with Crippen LogP contribution in [-0.2, 0) is 13.6 Å². The van der Waals surface area contributed by atoms with Crippen LogP contribution in [0.4, 0.5) is 0 Å². The number of hydrogen-bond acceptors (Lipinski definition) is 3. The minimum atomic E-state index is -0.123. The molecule has 28 heavy (non-hydrogen) atoms.